The second-order valence-electron chi connectivity index (χ2n) is 10.4. The van der Waals surface area contributed by atoms with E-state index in [1.165, 1.54) is 64.5 Å². The molecule has 1 saturated carbocycles. The first kappa shape index (κ1) is 19.6. The minimum atomic E-state index is 0.0370. The summed E-state index contributed by atoms with van der Waals surface area (Å²) in [5.74, 6) is 1.53. The lowest BCUT2D eigenvalue weighted by molar-refractivity contribution is 0.284. The van der Waals surface area contributed by atoms with Crippen molar-refractivity contribution in [3.05, 3.63) is 107 Å². The third-order valence-corrected chi connectivity index (χ3v) is 8.84. The Morgan fingerprint density at radius 1 is 0.788 bits per heavy atom. The van der Waals surface area contributed by atoms with Crippen molar-refractivity contribution in [1.29, 1.82) is 0 Å². The molecule has 3 aliphatic carbocycles. The fraction of sp³-hybridized carbons (Fsp3) is 0.250. The summed E-state index contributed by atoms with van der Waals surface area (Å²) < 4.78 is 0. The van der Waals surface area contributed by atoms with Crippen molar-refractivity contribution >= 4 is 22.4 Å². The van der Waals surface area contributed by atoms with Crippen LogP contribution >= 0.6 is 11.6 Å². The molecular formula is C32H27Cl. The average molecular weight is 447 g/mol. The van der Waals surface area contributed by atoms with Gasteiger partial charge in [0.25, 0.3) is 0 Å². The molecule has 4 aromatic rings. The van der Waals surface area contributed by atoms with E-state index in [9.17, 15) is 0 Å². The topological polar surface area (TPSA) is 0 Å². The zero-order chi connectivity index (χ0) is 22.2. The van der Waals surface area contributed by atoms with E-state index in [-0.39, 0.29) is 5.41 Å². The number of rotatable bonds is 1. The molecule has 1 fully saturated rings. The quantitative estimate of drug-likeness (QED) is 0.255. The highest BCUT2D eigenvalue weighted by molar-refractivity contribution is 6.36. The minimum Gasteiger partial charge on any atom is -0.0837 e. The molecule has 33 heavy (non-hydrogen) atoms. The second-order valence-corrected chi connectivity index (χ2v) is 10.8. The maximum absolute atomic E-state index is 6.55. The lowest BCUT2D eigenvalue weighted by Gasteiger charge is -2.45. The second kappa shape index (κ2) is 7.08. The van der Waals surface area contributed by atoms with Crippen LogP contribution in [-0.2, 0) is 5.41 Å². The van der Waals surface area contributed by atoms with Gasteiger partial charge in [0.05, 0.1) is 0 Å². The first-order chi connectivity index (χ1) is 16.1. The van der Waals surface area contributed by atoms with E-state index >= 15 is 0 Å². The van der Waals surface area contributed by atoms with E-state index in [2.05, 4.69) is 85.8 Å². The summed E-state index contributed by atoms with van der Waals surface area (Å²) in [4.78, 5) is 0. The number of hydrogen-bond acceptors (Lipinski definition) is 0. The van der Waals surface area contributed by atoms with E-state index in [4.69, 9.17) is 11.6 Å². The highest BCUT2D eigenvalue weighted by Crippen LogP contribution is 2.61. The Hall–Kier alpha value is -2.83. The zero-order valence-electron chi connectivity index (χ0n) is 18.9. The van der Waals surface area contributed by atoms with E-state index in [1.807, 2.05) is 6.07 Å². The van der Waals surface area contributed by atoms with Gasteiger partial charge in [-0.2, -0.15) is 0 Å². The van der Waals surface area contributed by atoms with Crippen molar-refractivity contribution in [2.24, 2.45) is 11.8 Å². The molecule has 0 nitrogen and oxygen atoms in total. The fourth-order valence-corrected chi connectivity index (χ4v) is 7.41. The van der Waals surface area contributed by atoms with E-state index in [1.54, 1.807) is 5.57 Å². The summed E-state index contributed by atoms with van der Waals surface area (Å²) in [6, 6.07) is 29.1. The summed E-state index contributed by atoms with van der Waals surface area (Å²) in [5, 5.41) is 3.17. The molecular weight excluding hydrogens is 420 g/mol. The summed E-state index contributed by atoms with van der Waals surface area (Å²) in [6.07, 6.45) is 7.78. The van der Waals surface area contributed by atoms with Gasteiger partial charge >= 0.3 is 0 Å². The smallest absolute Gasteiger partial charge is 0.0484 e. The standard InChI is InChI=1S/C32H27Cl/c1-20-16-21-14-15-32(23(17-20)18-21)29-9-5-4-7-26(29)27-11-10-22(19-30(27)32)24-12-13-31(33)28-8-3-2-6-25(24)28/h2-13,17,19-21H,14-16,18H2,1H3. The van der Waals surface area contributed by atoms with Crippen LogP contribution in [0, 0.1) is 11.8 Å². The number of halogens is 1. The fourth-order valence-electron chi connectivity index (χ4n) is 7.18. The van der Waals surface area contributed by atoms with Crippen LogP contribution in [0.15, 0.2) is 90.5 Å². The molecule has 3 atom stereocenters. The Balaban J connectivity index is 1.50. The van der Waals surface area contributed by atoms with Crippen LogP contribution in [0.25, 0.3) is 33.0 Å². The summed E-state index contributed by atoms with van der Waals surface area (Å²) in [7, 11) is 0. The summed E-state index contributed by atoms with van der Waals surface area (Å²) in [5.41, 5.74) is 10.2. The zero-order valence-corrected chi connectivity index (χ0v) is 19.7. The molecule has 3 unspecified atom stereocenters. The number of benzene rings is 4. The molecule has 0 aromatic heterocycles. The van der Waals surface area contributed by atoms with Crippen molar-refractivity contribution in [1.82, 2.24) is 0 Å². The van der Waals surface area contributed by atoms with E-state index in [0.29, 0.717) is 5.92 Å². The van der Waals surface area contributed by atoms with Gasteiger partial charge in [-0.15, -0.1) is 0 Å². The van der Waals surface area contributed by atoms with Gasteiger partial charge in [-0.05, 0) is 88.4 Å². The van der Waals surface area contributed by atoms with E-state index in [0.717, 1.165) is 16.3 Å². The Labute approximate surface area is 200 Å². The molecule has 4 aromatic carbocycles. The largest absolute Gasteiger partial charge is 0.0837 e. The van der Waals surface area contributed by atoms with Gasteiger partial charge in [0.1, 0.15) is 0 Å². The maximum atomic E-state index is 6.55. The van der Waals surface area contributed by atoms with Crippen LogP contribution < -0.4 is 0 Å². The molecule has 0 saturated heterocycles. The van der Waals surface area contributed by atoms with Crippen LogP contribution in [0.1, 0.15) is 43.7 Å². The van der Waals surface area contributed by atoms with Gasteiger partial charge in [0, 0.05) is 15.8 Å². The third-order valence-electron chi connectivity index (χ3n) is 8.51. The number of hydrogen-bond donors (Lipinski definition) is 0. The maximum Gasteiger partial charge on any atom is 0.0484 e. The lowest BCUT2D eigenvalue weighted by atomic mass is 9.58. The van der Waals surface area contributed by atoms with Gasteiger partial charge in [-0.1, -0.05) is 96.9 Å². The SMILES string of the molecule is CC1C=C2CC(CCC23c2ccccc2-c2ccc(-c4ccc(Cl)c5ccccc45)cc23)C1. The molecule has 162 valence electrons. The third kappa shape index (κ3) is 2.71. The van der Waals surface area contributed by atoms with Crippen LogP contribution in [0.2, 0.25) is 5.02 Å². The normalized spacial score (nSPS) is 25.1. The van der Waals surface area contributed by atoms with Gasteiger partial charge in [0.15, 0.2) is 0 Å². The molecule has 0 aliphatic heterocycles. The van der Waals surface area contributed by atoms with Crippen molar-refractivity contribution in [3.8, 4) is 22.3 Å². The molecule has 0 amide bonds. The monoisotopic (exact) mass is 446 g/mol. The van der Waals surface area contributed by atoms with Crippen LogP contribution in [0.3, 0.4) is 0 Å². The Morgan fingerprint density at radius 3 is 2.45 bits per heavy atom. The molecule has 1 heteroatoms. The van der Waals surface area contributed by atoms with Crippen molar-refractivity contribution in [2.75, 3.05) is 0 Å². The molecule has 7 rings (SSSR count). The molecule has 3 aliphatic rings. The predicted molar refractivity (Wildman–Crippen MR) is 140 cm³/mol. The van der Waals surface area contributed by atoms with E-state index < -0.39 is 0 Å². The molecule has 0 radical (unpaired) electrons. The first-order valence-corrected chi connectivity index (χ1v) is 12.7. The predicted octanol–water partition coefficient (Wildman–Crippen LogP) is 9.19. The summed E-state index contributed by atoms with van der Waals surface area (Å²) in [6.45, 7) is 2.41. The number of allylic oxidation sites excluding steroid dienone is 2. The van der Waals surface area contributed by atoms with Gasteiger partial charge in [-0.3, -0.25) is 0 Å². The molecule has 2 bridgehead atoms. The Morgan fingerprint density at radius 2 is 1.55 bits per heavy atom. The Bertz CT molecular complexity index is 1460. The van der Waals surface area contributed by atoms with Gasteiger partial charge < -0.3 is 0 Å². The minimum absolute atomic E-state index is 0.0370. The lowest BCUT2D eigenvalue weighted by Crippen LogP contribution is -2.36. The number of fused-ring (bicyclic) bond motifs is 9. The average Bonchev–Trinajstić information content (AvgIpc) is 3.12. The highest BCUT2D eigenvalue weighted by Gasteiger charge is 2.49. The summed E-state index contributed by atoms with van der Waals surface area (Å²) >= 11 is 6.55. The molecule has 0 N–H and O–H groups in total. The first-order valence-electron chi connectivity index (χ1n) is 12.3. The van der Waals surface area contributed by atoms with Crippen molar-refractivity contribution in [2.45, 2.75) is 38.0 Å². The van der Waals surface area contributed by atoms with Crippen LogP contribution in [0.4, 0.5) is 0 Å². The van der Waals surface area contributed by atoms with Crippen LogP contribution in [0.5, 0.6) is 0 Å². The molecule has 1 spiro atoms. The Kier molecular flexibility index (Phi) is 4.21. The van der Waals surface area contributed by atoms with Crippen molar-refractivity contribution in [3.63, 3.8) is 0 Å². The van der Waals surface area contributed by atoms with Gasteiger partial charge in [-0.25, -0.2) is 0 Å². The van der Waals surface area contributed by atoms with Gasteiger partial charge in [0.2, 0.25) is 0 Å². The van der Waals surface area contributed by atoms with Crippen LogP contribution in [-0.4, -0.2) is 0 Å². The molecule has 0 heterocycles. The van der Waals surface area contributed by atoms with Crippen molar-refractivity contribution < 1.29 is 0 Å². The highest BCUT2D eigenvalue weighted by atomic mass is 35.5.